The average molecular weight is 288 g/mol. The third-order valence-corrected chi connectivity index (χ3v) is 3.03. The molecule has 0 saturated carbocycles. The third kappa shape index (κ3) is 2.51. The normalized spacial score (nSPS) is 10.3. The largest absolute Gasteiger partial charge is 0.376 e. The summed E-state index contributed by atoms with van der Waals surface area (Å²) < 4.78 is 17.8. The van der Waals surface area contributed by atoms with Gasteiger partial charge in [-0.2, -0.15) is 0 Å². The Morgan fingerprint density at radius 2 is 2.33 bits per heavy atom. The van der Waals surface area contributed by atoms with E-state index in [2.05, 4.69) is 30.8 Å². The Labute approximate surface area is 98.6 Å². The van der Waals surface area contributed by atoms with E-state index in [0.29, 0.717) is 16.7 Å². The molecule has 0 aliphatic rings. The highest BCUT2D eigenvalue weighted by atomic mass is 79.9. The molecule has 0 fully saturated rings. The highest BCUT2D eigenvalue weighted by molar-refractivity contribution is 9.10. The summed E-state index contributed by atoms with van der Waals surface area (Å²) >= 11 is 4.55. The zero-order chi connectivity index (χ0) is 10.7. The van der Waals surface area contributed by atoms with Gasteiger partial charge in [-0.15, -0.1) is 5.10 Å². The van der Waals surface area contributed by atoms with Crippen molar-refractivity contribution in [2.24, 2.45) is 0 Å². The molecule has 78 valence electrons. The molecule has 1 aromatic heterocycles. The molecule has 6 heteroatoms. The first-order valence-electron chi connectivity index (χ1n) is 4.21. The van der Waals surface area contributed by atoms with Crippen LogP contribution in [-0.2, 0) is 6.54 Å². The van der Waals surface area contributed by atoms with Gasteiger partial charge in [-0.1, -0.05) is 10.6 Å². The number of anilines is 1. The lowest BCUT2D eigenvalue weighted by molar-refractivity contribution is 0.629. The lowest BCUT2D eigenvalue weighted by atomic mass is 10.3. The summed E-state index contributed by atoms with van der Waals surface area (Å²) in [5, 5.41) is 8.65. The van der Waals surface area contributed by atoms with Crippen molar-refractivity contribution in [1.29, 1.82) is 0 Å². The number of para-hydroxylation sites is 1. The summed E-state index contributed by atoms with van der Waals surface area (Å²) in [6, 6.07) is 4.84. The molecule has 0 aliphatic heterocycles. The van der Waals surface area contributed by atoms with E-state index in [4.69, 9.17) is 0 Å². The molecule has 15 heavy (non-hydrogen) atoms. The molecule has 0 amide bonds. The van der Waals surface area contributed by atoms with Crippen LogP contribution in [0.5, 0.6) is 0 Å². The lowest BCUT2D eigenvalue weighted by Crippen LogP contribution is -2.02. The van der Waals surface area contributed by atoms with Gasteiger partial charge in [0.1, 0.15) is 5.82 Å². The maximum absolute atomic E-state index is 13.4. The molecule has 2 aromatic rings. The molecule has 1 aromatic carbocycles. The summed E-state index contributed by atoms with van der Waals surface area (Å²) in [4.78, 5) is 0. The van der Waals surface area contributed by atoms with E-state index < -0.39 is 0 Å². The van der Waals surface area contributed by atoms with Crippen LogP contribution in [0.4, 0.5) is 10.1 Å². The van der Waals surface area contributed by atoms with Crippen LogP contribution in [0.3, 0.4) is 0 Å². The van der Waals surface area contributed by atoms with Crippen LogP contribution in [-0.4, -0.2) is 9.59 Å². The fourth-order valence-corrected chi connectivity index (χ4v) is 2.04. The average Bonchev–Trinajstić information content (AvgIpc) is 2.70. The predicted octanol–water partition coefficient (Wildman–Crippen LogP) is 3.05. The van der Waals surface area contributed by atoms with Gasteiger partial charge in [0.15, 0.2) is 0 Å². The Balaban J connectivity index is 2.11. The van der Waals surface area contributed by atoms with E-state index in [9.17, 15) is 4.39 Å². The number of nitrogens with one attached hydrogen (secondary N) is 1. The quantitative estimate of drug-likeness (QED) is 0.943. The Kier molecular flexibility index (Phi) is 3.27. The van der Waals surface area contributed by atoms with Crippen LogP contribution in [0.25, 0.3) is 0 Å². The molecule has 0 atom stereocenters. The van der Waals surface area contributed by atoms with E-state index >= 15 is 0 Å². The fourth-order valence-electron chi connectivity index (χ4n) is 1.11. The number of benzene rings is 1. The second-order valence-corrected chi connectivity index (χ2v) is 4.31. The van der Waals surface area contributed by atoms with Gasteiger partial charge in [0.25, 0.3) is 0 Å². The van der Waals surface area contributed by atoms with Crippen molar-refractivity contribution in [3.05, 3.63) is 39.6 Å². The van der Waals surface area contributed by atoms with E-state index in [1.165, 1.54) is 17.6 Å². The fraction of sp³-hybridized carbons (Fsp3) is 0.111. The number of rotatable bonds is 3. The van der Waals surface area contributed by atoms with E-state index in [0.717, 1.165) is 5.69 Å². The van der Waals surface area contributed by atoms with Crippen molar-refractivity contribution in [3.8, 4) is 0 Å². The van der Waals surface area contributed by atoms with Gasteiger partial charge in [-0.25, -0.2) is 4.39 Å². The minimum absolute atomic E-state index is 0.285. The van der Waals surface area contributed by atoms with Crippen LogP contribution in [0.15, 0.2) is 28.1 Å². The van der Waals surface area contributed by atoms with Gasteiger partial charge in [0.2, 0.25) is 0 Å². The first-order chi connectivity index (χ1) is 7.27. The maximum atomic E-state index is 13.4. The van der Waals surface area contributed by atoms with Crippen molar-refractivity contribution in [2.75, 3.05) is 5.32 Å². The molecule has 3 nitrogen and oxygen atoms in total. The summed E-state index contributed by atoms with van der Waals surface area (Å²) in [5.74, 6) is -0.285. The number of hydrogen-bond donors (Lipinski definition) is 1. The van der Waals surface area contributed by atoms with Crippen LogP contribution >= 0.6 is 27.5 Å². The first kappa shape index (κ1) is 10.5. The molecule has 1 N–H and O–H groups in total. The minimum Gasteiger partial charge on any atom is -0.376 e. The number of aromatic nitrogens is 2. The van der Waals surface area contributed by atoms with Crippen molar-refractivity contribution >= 4 is 33.1 Å². The van der Waals surface area contributed by atoms with Crippen LogP contribution in [0.2, 0.25) is 0 Å². The van der Waals surface area contributed by atoms with Crippen LogP contribution < -0.4 is 5.32 Å². The molecule has 2 rings (SSSR count). The molecule has 0 aliphatic carbocycles. The van der Waals surface area contributed by atoms with Gasteiger partial charge in [-0.3, -0.25) is 0 Å². The minimum atomic E-state index is -0.285. The molecule has 0 spiro atoms. The summed E-state index contributed by atoms with van der Waals surface area (Å²) in [6.45, 7) is 0.468. The zero-order valence-corrected chi connectivity index (χ0v) is 9.98. The smallest absolute Gasteiger partial charge is 0.147 e. The Hall–Kier alpha value is -1.01. The van der Waals surface area contributed by atoms with Crippen LogP contribution in [0, 0.1) is 5.82 Å². The van der Waals surface area contributed by atoms with Crippen molar-refractivity contribution in [3.63, 3.8) is 0 Å². The summed E-state index contributed by atoms with van der Waals surface area (Å²) in [7, 11) is 0. The highest BCUT2D eigenvalue weighted by Gasteiger charge is 2.06. The second-order valence-electron chi connectivity index (χ2n) is 2.85. The number of hydrogen-bond acceptors (Lipinski definition) is 4. The molecule has 0 radical (unpaired) electrons. The first-order valence-corrected chi connectivity index (χ1v) is 5.84. The van der Waals surface area contributed by atoms with Gasteiger partial charge in [0, 0.05) is 9.85 Å². The monoisotopic (exact) mass is 287 g/mol. The van der Waals surface area contributed by atoms with Crippen molar-refractivity contribution in [2.45, 2.75) is 6.54 Å². The van der Waals surface area contributed by atoms with Crippen molar-refractivity contribution < 1.29 is 4.39 Å². The number of nitrogens with zero attached hydrogens (tertiary/aromatic N) is 2. The van der Waals surface area contributed by atoms with Gasteiger partial charge in [-0.05, 0) is 39.6 Å². The Morgan fingerprint density at radius 3 is 3.00 bits per heavy atom. The molecular weight excluding hydrogens is 281 g/mol. The highest BCUT2D eigenvalue weighted by Crippen LogP contribution is 2.25. The second kappa shape index (κ2) is 4.67. The topological polar surface area (TPSA) is 37.8 Å². The predicted molar refractivity (Wildman–Crippen MR) is 61.3 cm³/mol. The zero-order valence-electron chi connectivity index (χ0n) is 7.58. The SMILES string of the molecule is Fc1cccc(Br)c1NCc1csnn1. The molecule has 1 heterocycles. The van der Waals surface area contributed by atoms with Gasteiger partial charge < -0.3 is 5.32 Å². The molecular formula is C9H7BrFN3S. The standard InChI is InChI=1S/C9H7BrFN3S/c10-7-2-1-3-8(11)9(7)12-4-6-5-15-14-13-6/h1-3,5,12H,4H2. The van der Waals surface area contributed by atoms with Crippen molar-refractivity contribution in [1.82, 2.24) is 9.59 Å². The molecule has 0 saturated heterocycles. The van der Waals surface area contributed by atoms with Gasteiger partial charge >= 0.3 is 0 Å². The Bertz CT molecular complexity index is 426. The summed E-state index contributed by atoms with van der Waals surface area (Å²) in [5.41, 5.74) is 1.25. The Morgan fingerprint density at radius 1 is 1.47 bits per heavy atom. The maximum Gasteiger partial charge on any atom is 0.147 e. The third-order valence-electron chi connectivity index (χ3n) is 1.81. The van der Waals surface area contributed by atoms with E-state index in [-0.39, 0.29) is 5.82 Å². The van der Waals surface area contributed by atoms with E-state index in [1.807, 2.05) is 5.38 Å². The van der Waals surface area contributed by atoms with E-state index in [1.54, 1.807) is 12.1 Å². The van der Waals surface area contributed by atoms with Crippen LogP contribution in [0.1, 0.15) is 5.69 Å². The molecule has 0 unspecified atom stereocenters. The summed E-state index contributed by atoms with van der Waals surface area (Å²) in [6.07, 6.45) is 0. The lowest BCUT2D eigenvalue weighted by Gasteiger charge is -2.07. The number of halogens is 2. The molecule has 0 bridgehead atoms. The van der Waals surface area contributed by atoms with Gasteiger partial charge in [0.05, 0.1) is 17.9 Å².